The van der Waals surface area contributed by atoms with E-state index in [1.165, 1.54) is 21.9 Å². The van der Waals surface area contributed by atoms with Crippen LogP contribution >= 0.6 is 15.9 Å². The topological polar surface area (TPSA) is 40.6 Å². The Morgan fingerprint density at radius 2 is 1.61 bits per heavy atom. The molecule has 156 valence electrons. The van der Waals surface area contributed by atoms with E-state index in [0.717, 1.165) is 10.0 Å². The number of nitrogens with zero attached hydrogens (tertiary/aromatic N) is 2. The molecule has 2 amide bonds. The fourth-order valence-corrected chi connectivity index (χ4v) is 4.01. The van der Waals surface area contributed by atoms with Gasteiger partial charge in [-0.05, 0) is 54.5 Å². The fourth-order valence-electron chi connectivity index (χ4n) is 3.75. The molecule has 4 rings (SSSR count). The smallest absolute Gasteiger partial charge is 0.255 e. The monoisotopic (exact) mass is 478 g/mol. The van der Waals surface area contributed by atoms with Crippen molar-refractivity contribution in [2.45, 2.75) is 13.0 Å². The third kappa shape index (κ3) is 4.30. The Hall–Kier alpha value is -3.25. The average molecular weight is 479 g/mol. The van der Waals surface area contributed by atoms with Gasteiger partial charge in [0.1, 0.15) is 18.4 Å². The van der Waals surface area contributed by atoms with E-state index in [1.54, 1.807) is 24.3 Å². The molecule has 1 atom stereocenters. The van der Waals surface area contributed by atoms with E-state index < -0.39 is 11.9 Å². The summed E-state index contributed by atoms with van der Waals surface area (Å²) in [5.41, 5.74) is 2.32. The lowest BCUT2D eigenvalue weighted by Crippen LogP contribution is -2.61. The highest BCUT2D eigenvalue weighted by molar-refractivity contribution is 9.10. The van der Waals surface area contributed by atoms with Crippen LogP contribution in [0.1, 0.15) is 12.5 Å². The summed E-state index contributed by atoms with van der Waals surface area (Å²) in [6.45, 7) is 1.59. The third-order valence-corrected chi connectivity index (χ3v) is 5.72. The Kier molecular flexibility index (Phi) is 6.00. The Balaban J connectivity index is 1.81. The van der Waals surface area contributed by atoms with Crippen LogP contribution in [0.25, 0.3) is 6.08 Å². The van der Waals surface area contributed by atoms with Gasteiger partial charge in [0, 0.05) is 10.2 Å². The number of piperazine rings is 1. The predicted molar refractivity (Wildman–Crippen MR) is 124 cm³/mol. The van der Waals surface area contributed by atoms with Gasteiger partial charge in [0.15, 0.2) is 0 Å². The van der Waals surface area contributed by atoms with Crippen LogP contribution in [0.5, 0.6) is 0 Å². The molecule has 1 fully saturated rings. The lowest BCUT2D eigenvalue weighted by atomic mass is 9.98. The number of hydrogen-bond acceptors (Lipinski definition) is 2. The second-order valence-electron chi connectivity index (χ2n) is 7.32. The summed E-state index contributed by atoms with van der Waals surface area (Å²) in [4.78, 5) is 29.6. The van der Waals surface area contributed by atoms with Gasteiger partial charge in [0.05, 0.1) is 5.69 Å². The zero-order valence-electron chi connectivity index (χ0n) is 16.8. The second-order valence-corrected chi connectivity index (χ2v) is 8.23. The molecule has 0 aromatic heterocycles. The first-order chi connectivity index (χ1) is 15.0. The van der Waals surface area contributed by atoms with Crippen LogP contribution in [0.3, 0.4) is 0 Å². The number of para-hydroxylation sites is 1. The summed E-state index contributed by atoms with van der Waals surface area (Å²) < 4.78 is 15.3. The largest absolute Gasteiger partial charge is 0.298 e. The van der Waals surface area contributed by atoms with Crippen molar-refractivity contribution < 1.29 is 14.0 Å². The van der Waals surface area contributed by atoms with Crippen LogP contribution in [0.2, 0.25) is 0 Å². The normalized spacial score (nSPS) is 17.3. The minimum absolute atomic E-state index is 0.105. The summed E-state index contributed by atoms with van der Waals surface area (Å²) in [6, 6.07) is 21.9. The molecule has 6 heteroatoms. The molecule has 0 N–H and O–H groups in total. The molecule has 31 heavy (non-hydrogen) atoms. The molecule has 4 nitrogen and oxygen atoms in total. The van der Waals surface area contributed by atoms with Crippen molar-refractivity contribution >= 4 is 45.2 Å². The van der Waals surface area contributed by atoms with E-state index in [1.807, 2.05) is 55.5 Å². The predicted octanol–water partition coefficient (Wildman–Crippen LogP) is 5.44. The second kappa shape index (κ2) is 8.86. The van der Waals surface area contributed by atoms with Crippen molar-refractivity contribution in [2.75, 3.05) is 16.3 Å². The van der Waals surface area contributed by atoms with Crippen LogP contribution in [0.15, 0.2) is 88.9 Å². The molecule has 1 aliphatic heterocycles. The van der Waals surface area contributed by atoms with Crippen LogP contribution in [0.4, 0.5) is 15.8 Å². The number of carbonyl (C=O) groups is 2. The first kappa shape index (κ1) is 21.0. The first-order valence-electron chi connectivity index (χ1n) is 9.82. The Labute approximate surface area is 188 Å². The van der Waals surface area contributed by atoms with E-state index in [9.17, 15) is 14.0 Å². The van der Waals surface area contributed by atoms with Crippen molar-refractivity contribution in [1.29, 1.82) is 0 Å². The van der Waals surface area contributed by atoms with Gasteiger partial charge >= 0.3 is 0 Å². The summed E-state index contributed by atoms with van der Waals surface area (Å²) in [5.74, 6) is -1.17. The fraction of sp³-hybridized carbons (Fsp3) is 0.120. The Bertz CT molecular complexity index is 1150. The van der Waals surface area contributed by atoms with Gasteiger partial charge in [-0.3, -0.25) is 19.4 Å². The number of anilines is 2. The maximum atomic E-state index is 14.5. The summed E-state index contributed by atoms with van der Waals surface area (Å²) in [6.07, 6.45) is 1.88. The van der Waals surface area contributed by atoms with E-state index in [2.05, 4.69) is 15.9 Å². The lowest BCUT2D eigenvalue weighted by Gasteiger charge is -2.40. The van der Waals surface area contributed by atoms with Crippen LogP contribution < -0.4 is 9.80 Å². The molecule has 1 unspecified atom stereocenters. The number of rotatable bonds is 4. The number of hydrogen-bond donors (Lipinski definition) is 0. The Morgan fingerprint density at radius 1 is 0.968 bits per heavy atom. The highest BCUT2D eigenvalue weighted by Gasteiger charge is 2.42. The van der Waals surface area contributed by atoms with E-state index in [-0.39, 0.29) is 24.0 Å². The van der Waals surface area contributed by atoms with Gasteiger partial charge in [-0.1, -0.05) is 64.5 Å². The molecule has 0 radical (unpaired) electrons. The maximum absolute atomic E-state index is 14.5. The molecule has 3 aromatic rings. The SMILES string of the molecule is C/C(=C\c1ccccc1)C1C(=O)N(c2ccccc2F)CC(=O)N1c1ccc(Br)cc1. The van der Waals surface area contributed by atoms with Crippen molar-refractivity contribution in [3.63, 3.8) is 0 Å². The van der Waals surface area contributed by atoms with Crippen molar-refractivity contribution in [2.24, 2.45) is 0 Å². The quantitative estimate of drug-likeness (QED) is 0.500. The number of halogens is 2. The van der Waals surface area contributed by atoms with E-state index in [4.69, 9.17) is 0 Å². The van der Waals surface area contributed by atoms with E-state index in [0.29, 0.717) is 11.3 Å². The molecule has 1 aliphatic rings. The van der Waals surface area contributed by atoms with Gasteiger partial charge in [-0.2, -0.15) is 0 Å². The minimum Gasteiger partial charge on any atom is -0.298 e. The van der Waals surface area contributed by atoms with Gasteiger partial charge < -0.3 is 0 Å². The van der Waals surface area contributed by atoms with E-state index >= 15 is 0 Å². The highest BCUT2D eigenvalue weighted by atomic mass is 79.9. The molecular formula is C25H20BrFN2O2. The minimum atomic E-state index is -0.887. The standard InChI is InChI=1S/C25H20BrFN2O2/c1-17(15-18-7-3-2-4-8-18)24-25(31)28(22-10-6-5-9-21(22)27)16-23(30)29(24)20-13-11-19(26)12-14-20/h2-15,24H,16H2,1H3/b17-15+. The summed E-state index contributed by atoms with van der Waals surface area (Å²) in [5, 5.41) is 0. The van der Waals surface area contributed by atoms with Gasteiger partial charge in [-0.25, -0.2) is 4.39 Å². The molecular weight excluding hydrogens is 459 g/mol. The molecule has 0 spiro atoms. The summed E-state index contributed by atoms with van der Waals surface area (Å²) in [7, 11) is 0. The van der Waals surface area contributed by atoms with Gasteiger partial charge in [-0.15, -0.1) is 0 Å². The number of benzene rings is 3. The number of carbonyl (C=O) groups excluding carboxylic acids is 2. The van der Waals surface area contributed by atoms with Crippen molar-refractivity contribution in [1.82, 2.24) is 0 Å². The molecule has 3 aromatic carbocycles. The van der Waals surface area contributed by atoms with Crippen LogP contribution in [-0.2, 0) is 9.59 Å². The van der Waals surface area contributed by atoms with Crippen LogP contribution in [0, 0.1) is 5.82 Å². The molecule has 0 aliphatic carbocycles. The lowest BCUT2D eigenvalue weighted by molar-refractivity contribution is -0.127. The molecule has 1 heterocycles. The maximum Gasteiger partial charge on any atom is 0.255 e. The van der Waals surface area contributed by atoms with Crippen LogP contribution in [-0.4, -0.2) is 24.4 Å². The molecule has 1 saturated heterocycles. The third-order valence-electron chi connectivity index (χ3n) is 5.19. The summed E-state index contributed by atoms with van der Waals surface area (Å²) >= 11 is 3.40. The number of amides is 2. The van der Waals surface area contributed by atoms with Crippen molar-refractivity contribution in [3.8, 4) is 0 Å². The van der Waals surface area contributed by atoms with Crippen molar-refractivity contribution in [3.05, 3.63) is 100 Å². The zero-order chi connectivity index (χ0) is 22.0. The highest BCUT2D eigenvalue weighted by Crippen LogP contribution is 2.31. The Morgan fingerprint density at radius 3 is 2.29 bits per heavy atom. The zero-order valence-corrected chi connectivity index (χ0v) is 18.4. The first-order valence-corrected chi connectivity index (χ1v) is 10.6. The molecule has 0 bridgehead atoms. The average Bonchev–Trinajstić information content (AvgIpc) is 2.77. The van der Waals surface area contributed by atoms with Gasteiger partial charge in [0.25, 0.3) is 5.91 Å². The molecule has 0 saturated carbocycles. The van der Waals surface area contributed by atoms with Gasteiger partial charge in [0.2, 0.25) is 5.91 Å².